The normalized spacial score (nSPS) is 15.3. The lowest BCUT2D eigenvalue weighted by Crippen LogP contribution is -2.44. The molecule has 152 valence electrons. The van der Waals surface area contributed by atoms with E-state index >= 15 is 0 Å². The largest absolute Gasteiger partial charge is 0.550 e. The molecule has 0 aliphatic carbocycles. The second-order valence-electron chi connectivity index (χ2n) is 7.82. The van der Waals surface area contributed by atoms with Crippen molar-refractivity contribution >= 4 is 33.8 Å². The monoisotopic (exact) mass is 396 g/mol. The highest BCUT2D eigenvalue weighted by molar-refractivity contribution is 6.00. The van der Waals surface area contributed by atoms with E-state index in [1.54, 1.807) is 11.2 Å². The zero-order valence-corrected chi connectivity index (χ0v) is 16.7. The second-order valence-corrected chi connectivity index (χ2v) is 7.82. The van der Waals surface area contributed by atoms with Gasteiger partial charge in [0.25, 0.3) is 0 Å². The van der Waals surface area contributed by atoms with Gasteiger partial charge < -0.3 is 23.6 Å². The Labute approximate surface area is 166 Å². The lowest BCUT2D eigenvalue weighted by Gasteiger charge is -2.32. The number of fused-ring (bicyclic) bond motifs is 2. The molecule has 29 heavy (non-hydrogen) atoms. The predicted molar refractivity (Wildman–Crippen MR) is 104 cm³/mol. The number of carboxylic acids is 1. The number of aryl methyl sites for hydroxylation is 3. The number of rotatable bonds is 3. The topological polar surface area (TPSA) is 104 Å². The Hall–Kier alpha value is -3.09. The van der Waals surface area contributed by atoms with Crippen LogP contribution in [0.3, 0.4) is 0 Å². The lowest BCUT2D eigenvalue weighted by atomic mass is 9.96. The van der Waals surface area contributed by atoms with Crippen molar-refractivity contribution in [1.29, 1.82) is 0 Å². The fraction of sp³-hybridized carbons (Fsp3) is 0.409. The summed E-state index contributed by atoms with van der Waals surface area (Å²) in [6, 6.07) is 1.94. The first kappa shape index (κ1) is 19.2. The Morgan fingerprint density at radius 1 is 1.10 bits per heavy atom. The minimum atomic E-state index is -1.07. The van der Waals surface area contributed by atoms with Gasteiger partial charge in [-0.1, -0.05) is 0 Å². The first-order chi connectivity index (χ1) is 13.8. The van der Waals surface area contributed by atoms with E-state index in [0.29, 0.717) is 42.7 Å². The fourth-order valence-corrected chi connectivity index (χ4v) is 4.15. The molecule has 7 nitrogen and oxygen atoms in total. The minimum absolute atomic E-state index is 0.0679. The number of likely N-dealkylation sites (tertiary alicyclic amines) is 1. The van der Waals surface area contributed by atoms with Crippen molar-refractivity contribution in [2.45, 2.75) is 40.0 Å². The van der Waals surface area contributed by atoms with Gasteiger partial charge in [0, 0.05) is 41.3 Å². The van der Waals surface area contributed by atoms with Gasteiger partial charge in [-0.2, -0.15) is 0 Å². The van der Waals surface area contributed by atoms with Crippen LogP contribution in [0.5, 0.6) is 0 Å². The maximum Gasteiger partial charge on any atom is 0.340 e. The zero-order valence-electron chi connectivity index (χ0n) is 16.7. The van der Waals surface area contributed by atoms with Crippen molar-refractivity contribution in [1.82, 2.24) is 4.90 Å². The lowest BCUT2D eigenvalue weighted by molar-refractivity contribution is -0.312. The van der Waals surface area contributed by atoms with Crippen LogP contribution in [0.25, 0.3) is 21.9 Å². The van der Waals surface area contributed by atoms with Gasteiger partial charge in [-0.25, -0.2) is 4.79 Å². The predicted octanol–water partition coefficient (Wildman–Crippen LogP) is 2.00. The zero-order chi connectivity index (χ0) is 20.9. The molecule has 7 heteroatoms. The van der Waals surface area contributed by atoms with E-state index in [1.807, 2.05) is 26.8 Å². The van der Waals surface area contributed by atoms with E-state index in [1.165, 1.54) is 0 Å². The first-order valence-electron chi connectivity index (χ1n) is 9.70. The summed E-state index contributed by atoms with van der Waals surface area (Å²) in [5.41, 5.74) is 3.44. The van der Waals surface area contributed by atoms with Gasteiger partial charge >= 0.3 is 5.63 Å². The molecule has 1 fully saturated rings. The van der Waals surface area contributed by atoms with Crippen molar-refractivity contribution in [3.05, 3.63) is 45.0 Å². The highest BCUT2D eigenvalue weighted by Gasteiger charge is 2.25. The van der Waals surface area contributed by atoms with Crippen molar-refractivity contribution in [3.63, 3.8) is 0 Å². The van der Waals surface area contributed by atoms with E-state index in [4.69, 9.17) is 8.83 Å². The van der Waals surface area contributed by atoms with Gasteiger partial charge in [0.15, 0.2) is 0 Å². The number of nitrogens with zero attached hydrogens (tertiary/aromatic N) is 1. The van der Waals surface area contributed by atoms with Gasteiger partial charge in [0.2, 0.25) is 5.91 Å². The van der Waals surface area contributed by atoms with Gasteiger partial charge in [-0.15, -0.1) is 0 Å². The van der Waals surface area contributed by atoms with Gasteiger partial charge in [0.1, 0.15) is 11.2 Å². The first-order valence-corrected chi connectivity index (χ1v) is 9.70. The van der Waals surface area contributed by atoms with E-state index in [-0.39, 0.29) is 12.3 Å². The molecule has 2 aromatic heterocycles. The number of furan rings is 1. The molecule has 0 radical (unpaired) electrons. The van der Waals surface area contributed by atoms with Crippen LogP contribution in [0.15, 0.2) is 26.0 Å². The molecule has 0 bridgehead atoms. The second kappa shape index (κ2) is 7.06. The smallest absolute Gasteiger partial charge is 0.340 e. The van der Waals surface area contributed by atoms with Crippen LogP contribution in [-0.4, -0.2) is 29.9 Å². The summed E-state index contributed by atoms with van der Waals surface area (Å²) in [5, 5.41) is 12.7. The van der Waals surface area contributed by atoms with Crippen molar-refractivity contribution < 1.29 is 23.5 Å². The fourth-order valence-electron chi connectivity index (χ4n) is 4.15. The Bertz CT molecular complexity index is 1190. The molecule has 1 saturated heterocycles. The standard InChI is InChI=1S/C22H23NO6/c1-11-10-28-19-13(3)20-16(8-15(11)19)12(2)17(22(27)29-20)9-18(24)23-6-4-14(5-7-23)21(25)26/h8,10,14H,4-7,9H2,1-3H3,(H,25,26)/p-1. The molecule has 4 rings (SSSR count). The highest BCUT2D eigenvalue weighted by atomic mass is 16.4. The van der Waals surface area contributed by atoms with E-state index < -0.39 is 17.5 Å². The van der Waals surface area contributed by atoms with Crippen LogP contribution in [0.2, 0.25) is 0 Å². The molecular formula is C22H22NO6-. The summed E-state index contributed by atoms with van der Waals surface area (Å²) < 4.78 is 11.2. The SMILES string of the molecule is Cc1coc2c(C)c3oc(=O)c(CC(=O)N4CCC(C(=O)[O-])CC4)c(C)c3cc12. The van der Waals surface area contributed by atoms with Crippen molar-refractivity contribution in [3.8, 4) is 0 Å². The molecule has 1 amide bonds. The number of carboxylic acid groups (broad SMARTS) is 1. The highest BCUT2D eigenvalue weighted by Crippen LogP contribution is 2.32. The van der Waals surface area contributed by atoms with Gasteiger partial charge in [-0.05, 0) is 50.8 Å². The number of carbonyl (C=O) groups excluding carboxylic acids is 2. The average molecular weight is 396 g/mol. The maximum atomic E-state index is 12.7. The molecule has 0 N–H and O–H groups in total. The molecular weight excluding hydrogens is 374 g/mol. The van der Waals surface area contributed by atoms with Crippen LogP contribution >= 0.6 is 0 Å². The van der Waals surface area contributed by atoms with Gasteiger partial charge in [-0.3, -0.25) is 4.79 Å². The third-order valence-corrected chi connectivity index (χ3v) is 6.04. The average Bonchev–Trinajstić information content (AvgIpc) is 3.07. The molecule has 3 aromatic rings. The number of carbonyl (C=O) groups is 2. The molecule has 0 atom stereocenters. The van der Waals surface area contributed by atoms with Crippen LogP contribution in [0.4, 0.5) is 0 Å². The molecule has 0 saturated carbocycles. The van der Waals surface area contributed by atoms with Crippen molar-refractivity contribution in [2.75, 3.05) is 13.1 Å². The van der Waals surface area contributed by atoms with Gasteiger partial charge in [0.05, 0.1) is 18.2 Å². The third kappa shape index (κ3) is 3.20. The van der Waals surface area contributed by atoms with Crippen LogP contribution in [0.1, 0.15) is 35.1 Å². The number of hydrogen-bond donors (Lipinski definition) is 0. The van der Waals surface area contributed by atoms with Crippen molar-refractivity contribution in [2.24, 2.45) is 5.92 Å². The van der Waals surface area contributed by atoms with Crippen LogP contribution in [-0.2, 0) is 16.0 Å². The number of hydrogen-bond acceptors (Lipinski definition) is 6. The Morgan fingerprint density at radius 2 is 1.79 bits per heavy atom. The quantitative estimate of drug-likeness (QED) is 0.627. The summed E-state index contributed by atoms with van der Waals surface area (Å²) >= 11 is 0. The number of amides is 1. The molecule has 0 unspecified atom stereocenters. The van der Waals surface area contributed by atoms with E-state index in [9.17, 15) is 19.5 Å². The Balaban J connectivity index is 1.68. The molecule has 1 aliphatic rings. The minimum Gasteiger partial charge on any atom is -0.550 e. The Morgan fingerprint density at radius 3 is 2.45 bits per heavy atom. The van der Waals surface area contributed by atoms with Crippen LogP contribution in [0, 0.1) is 26.7 Å². The van der Waals surface area contributed by atoms with Crippen LogP contribution < -0.4 is 10.7 Å². The molecule has 0 spiro atoms. The number of benzene rings is 1. The maximum absolute atomic E-state index is 12.7. The summed E-state index contributed by atoms with van der Waals surface area (Å²) in [7, 11) is 0. The molecule has 1 aliphatic heterocycles. The number of aliphatic carboxylic acids is 1. The van der Waals surface area contributed by atoms with E-state index in [2.05, 4.69) is 0 Å². The third-order valence-electron chi connectivity index (χ3n) is 6.04. The summed E-state index contributed by atoms with van der Waals surface area (Å²) in [5.74, 6) is -1.79. The summed E-state index contributed by atoms with van der Waals surface area (Å²) in [6.07, 6.45) is 2.35. The summed E-state index contributed by atoms with van der Waals surface area (Å²) in [6.45, 7) is 6.33. The molecule has 1 aromatic carbocycles. The summed E-state index contributed by atoms with van der Waals surface area (Å²) in [4.78, 5) is 38.0. The number of piperidine rings is 1. The molecule has 3 heterocycles. The Kier molecular flexibility index (Phi) is 4.68. The van der Waals surface area contributed by atoms with E-state index in [0.717, 1.165) is 27.5 Å².